The highest BCUT2D eigenvalue weighted by Crippen LogP contribution is 2.30. The van der Waals surface area contributed by atoms with Crippen LogP contribution in [-0.2, 0) is 4.79 Å². The third-order valence-electron chi connectivity index (χ3n) is 3.09. The molecule has 142 valence electrons. The van der Waals surface area contributed by atoms with E-state index in [4.69, 9.17) is 0 Å². The van der Waals surface area contributed by atoms with Crippen LogP contribution in [0.5, 0.6) is 5.75 Å². The van der Waals surface area contributed by atoms with E-state index in [9.17, 15) is 36.2 Å². The second kappa shape index (κ2) is 7.51. The summed E-state index contributed by atoms with van der Waals surface area (Å²) in [5.41, 5.74) is -2.03. The Bertz CT molecular complexity index is 598. The summed E-state index contributed by atoms with van der Waals surface area (Å²) >= 11 is 0. The topological polar surface area (TPSA) is 58.6 Å². The molecule has 1 unspecified atom stereocenters. The summed E-state index contributed by atoms with van der Waals surface area (Å²) in [5.74, 6) is -1.36. The number of carbonyl (C=O) groups excluding carboxylic acids is 1. The van der Waals surface area contributed by atoms with Crippen molar-refractivity contribution in [3.8, 4) is 5.75 Å². The van der Waals surface area contributed by atoms with Crippen LogP contribution in [0.3, 0.4) is 0 Å². The zero-order valence-corrected chi connectivity index (χ0v) is 13.3. The Kier molecular flexibility index (Phi) is 6.33. The first-order chi connectivity index (χ1) is 11.2. The van der Waals surface area contributed by atoms with E-state index in [1.165, 1.54) is 19.1 Å². The van der Waals surface area contributed by atoms with Gasteiger partial charge in [0.2, 0.25) is 5.91 Å². The molecule has 0 radical (unpaired) electrons. The van der Waals surface area contributed by atoms with Crippen LogP contribution >= 0.6 is 0 Å². The summed E-state index contributed by atoms with van der Waals surface area (Å²) in [7, 11) is 0. The molecule has 0 fully saturated rings. The molecule has 0 aromatic heterocycles. The number of alkyl halides is 6. The zero-order valence-electron chi connectivity index (χ0n) is 13.3. The van der Waals surface area contributed by atoms with Crippen molar-refractivity contribution in [1.29, 1.82) is 0 Å². The van der Waals surface area contributed by atoms with Gasteiger partial charge in [0.15, 0.2) is 0 Å². The normalized spacial score (nSPS) is 16.0. The maximum absolute atomic E-state index is 12.3. The number of carbonyl (C=O) groups is 1. The molecule has 1 amide bonds. The molecule has 0 bridgehead atoms. The van der Waals surface area contributed by atoms with Gasteiger partial charge >= 0.3 is 12.5 Å². The monoisotopic (exact) mass is 373 g/mol. The van der Waals surface area contributed by atoms with E-state index in [1.807, 2.05) is 0 Å². The van der Waals surface area contributed by atoms with E-state index in [0.717, 1.165) is 19.1 Å². The number of amides is 1. The standard InChI is InChI=1S/C15H17F6NO3/c1-9(10-4-3-5-11(6-10)25-15(19,20)21)22-12(23)7-13(2,24)8-14(16,17)18/h3-6,9,24H,7-8H2,1-2H3,(H,22,23)/t9?,13-/m0/s1. The zero-order chi connectivity index (χ0) is 19.5. The summed E-state index contributed by atoms with van der Waals surface area (Å²) in [4.78, 5) is 11.8. The van der Waals surface area contributed by atoms with Crippen molar-refractivity contribution in [2.24, 2.45) is 0 Å². The number of ether oxygens (including phenoxy) is 1. The van der Waals surface area contributed by atoms with Gasteiger partial charge in [-0.25, -0.2) is 0 Å². The lowest BCUT2D eigenvalue weighted by Crippen LogP contribution is -2.38. The number of rotatable bonds is 6. The van der Waals surface area contributed by atoms with Crippen LogP contribution in [0, 0.1) is 0 Å². The SMILES string of the molecule is CC(NC(=O)C[C@](C)(O)CC(F)(F)F)c1cccc(OC(F)(F)F)c1. The maximum atomic E-state index is 12.3. The predicted molar refractivity (Wildman–Crippen MR) is 75.6 cm³/mol. The van der Waals surface area contributed by atoms with Gasteiger partial charge in [-0.05, 0) is 31.5 Å². The Labute approximate surface area is 139 Å². The molecule has 0 saturated carbocycles. The van der Waals surface area contributed by atoms with Crippen LogP contribution in [0.25, 0.3) is 0 Å². The van der Waals surface area contributed by atoms with E-state index in [-0.39, 0.29) is 5.56 Å². The van der Waals surface area contributed by atoms with Crippen molar-refractivity contribution in [2.75, 3.05) is 0 Å². The van der Waals surface area contributed by atoms with Gasteiger partial charge in [0, 0.05) is 0 Å². The van der Waals surface area contributed by atoms with Crippen LogP contribution < -0.4 is 10.1 Å². The number of hydrogen-bond acceptors (Lipinski definition) is 3. The summed E-state index contributed by atoms with van der Waals surface area (Å²) < 4.78 is 77.3. The average molecular weight is 373 g/mol. The number of nitrogens with one attached hydrogen (secondary N) is 1. The molecule has 0 saturated heterocycles. The van der Waals surface area contributed by atoms with Crippen LogP contribution in [0.15, 0.2) is 24.3 Å². The lowest BCUT2D eigenvalue weighted by Gasteiger charge is -2.25. The van der Waals surface area contributed by atoms with Gasteiger partial charge in [-0.2, -0.15) is 13.2 Å². The molecule has 10 heteroatoms. The Morgan fingerprint density at radius 2 is 1.84 bits per heavy atom. The Balaban J connectivity index is 2.71. The van der Waals surface area contributed by atoms with Gasteiger partial charge in [-0.3, -0.25) is 4.79 Å². The third kappa shape index (κ3) is 8.62. The highest BCUT2D eigenvalue weighted by Gasteiger charge is 2.39. The summed E-state index contributed by atoms with van der Waals surface area (Å²) in [5, 5.41) is 12.0. The minimum Gasteiger partial charge on any atom is -0.406 e. The minimum absolute atomic E-state index is 0.255. The van der Waals surface area contributed by atoms with Gasteiger partial charge in [-0.15, -0.1) is 13.2 Å². The number of aliphatic hydroxyl groups is 1. The molecule has 0 aliphatic carbocycles. The Morgan fingerprint density at radius 1 is 1.24 bits per heavy atom. The van der Waals surface area contributed by atoms with Crippen LogP contribution in [0.1, 0.15) is 38.3 Å². The van der Waals surface area contributed by atoms with Crippen LogP contribution in [0.4, 0.5) is 26.3 Å². The fraction of sp³-hybridized carbons (Fsp3) is 0.533. The van der Waals surface area contributed by atoms with E-state index >= 15 is 0 Å². The predicted octanol–water partition coefficient (Wildman–Crippen LogP) is 3.86. The highest BCUT2D eigenvalue weighted by molar-refractivity contribution is 5.77. The van der Waals surface area contributed by atoms with Crippen molar-refractivity contribution in [3.63, 3.8) is 0 Å². The largest absolute Gasteiger partial charge is 0.573 e. The smallest absolute Gasteiger partial charge is 0.406 e. The molecule has 0 spiro atoms. The highest BCUT2D eigenvalue weighted by atomic mass is 19.4. The molecule has 0 aliphatic heterocycles. The minimum atomic E-state index is -4.87. The second-order valence-corrected chi connectivity index (χ2v) is 5.88. The van der Waals surface area contributed by atoms with E-state index in [2.05, 4.69) is 10.1 Å². The molecule has 1 aromatic rings. The molecule has 2 N–H and O–H groups in total. The van der Waals surface area contributed by atoms with Crippen LogP contribution in [-0.4, -0.2) is 29.2 Å². The lowest BCUT2D eigenvalue weighted by atomic mass is 9.97. The first-order valence-electron chi connectivity index (χ1n) is 7.11. The second-order valence-electron chi connectivity index (χ2n) is 5.88. The summed E-state index contributed by atoms with van der Waals surface area (Å²) in [6.45, 7) is 2.31. The molecule has 0 aliphatic rings. The lowest BCUT2D eigenvalue weighted by molar-refractivity contribution is -0.274. The van der Waals surface area contributed by atoms with E-state index in [0.29, 0.717) is 0 Å². The van der Waals surface area contributed by atoms with Crippen molar-refractivity contribution in [1.82, 2.24) is 5.32 Å². The summed E-state index contributed by atoms with van der Waals surface area (Å²) in [6.07, 6.45) is -11.9. The molecular weight excluding hydrogens is 356 g/mol. The quantitative estimate of drug-likeness (QED) is 0.745. The molecule has 0 heterocycles. The first-order valence-corrected chi connectivity index (χ1v) is 7.11. The van der Waals surface area contributed by atoms with Crippen molar-refractivity contribution < 1.29 is 41.0 Å². The van der Waals surface area contributed by atoms with E-state index < -0.39 is 48.7 Å². The molecular formula is C15H17F6NO3. The van der Waals surface area contributed by atoms with Gasteiger partial charge in [-0.1, -0.05) is 12.1 Å². The van der Waals surface area contributed by atoms with Crippen molar-refractivity contribution in [2.45, 2.75) is 50.9 Å². The number of halogens is 6. The maximum Gasteiger partial charge on any atom is 0.573 e. The third-order valence-corrected chi connectivity index (χ3v) is 3.09. The molecule has 25 heavy (non-hydrogen) atoms. The van der Waals surface area contributed by atoms with Gasteiger partial charge in [0.05, 0.1) is 24.5 Å². The van der Waals surface area contributed by atoms with Crippen molar-refractivity contribution >= 4 is 5.91 Å². The Morgan fingerprint density at radius 3 is 2.36 bits per heavy atom. The fourth-order valence-electron chi connectivity index (χ4n) is 2.20. The number of benzene rings is 1. The molecule has 2 atom stereocenters. The Hall–Kier alpha value is -1.97. The molecule has 4 nitrogen and oxygen atoms in total. The molecule has 1 aromatic carbocycles. The van der Waals surface area contributed by atoms with Gasteiger partial charge < -0.3 is 15.2 Å². The van der Waals surface area contributed by atoms with Gasteiger partial charge in [0.25, 0.3) is 0 Å². The average Bonchev–Trinajstić information content (AvgIpc) is 2.32. The first kappa shape index (κ1) is 21.1. The van der Waals surface area contributed by atoms with E-state index in [1.54, 1.807) is 0 Å². The van der Waals surface area contributed by atoms with Gasteiger partial charge in [0.1, 0.15) is 5.75 Å². The fourth-order valence-corrected chi connectivity index (χ4v) is 2.20. The number of hydrogen-bond donors (Lipinski definition) is 2. The molecule has 1 rings (SSSR count). The van der Waals surface area contributed by atoms with Crippen LogP contribution in [0.2, 0.25) is 0 Å². The summed E-state index contributed by atoms with van der Waals surface area (Å²) in [6, 6.07) is 4.01. The van der Waals surface area contributed by atoms with Crippen molar-refractivity contribution in [3.05, 3.63) is 29.8 Å².